The minimum atomic E-state index is -2.83. The number of likely N-dealkylation sites (tertiary alicyclic amines) is 1. The molecule has 1 aliphatic carbocycles. The standard InChI is InChI=1S/C24H31ClFN7O2S/c1-14-8-21(32-31-14)29-22-18(25)11-27-23(30-22)28-20-10-24(2,3)17(9-19(20)26)15-4-6-33(7-5-15)16-12-36(34,35)13-16/h8-11,15-17H,4-7,12-13H2,1-3H3,(H3,27,28,29,30,31,32). The average molecular weight is 536 g/mol. The summed E-state index contributed by atoms with van der Waals surface area (Å²) in [4.78, 5) is 10.9. The van der Waals surface area contributed by atoms with E-state index in [2.05, 4.69) is 49.5 Å². The van der Waals surface area contributed by atoms with Gasteiger partial charge in [0.1, 0.15) is 10.8 Å². The second-order valence-electron chi connectivity index (χ2n) is 10.6. The number of hydrogen-bond donors (Lipinski definition) is 3. The topological polar surface area (TPSA) is 116 Å². The van der Waals surface area contributed by atoms with Gasteiger partial charge in [-0.25, -0.2) is 17.8 Å². The first-order chi connectivity index (χ1) is 17.0. The van der Waals surface area contributed by atoms with Crippen molar-refractivity contribution in [3.8, 4) is 0 Å². The fraction of sp³-hybridized carbons (Fsp3) is 0.542. The number of allylic oxidation sites excluding steroid dienone is 3. The highest BCUT2D eigenvalue weighted by molar-refractivity contribution is 7.92. The third-order valence-electron chi connectivity index (χ3n) is 7.39. The maximum absolute atomic E-state index is 15.3. The van der Waals surface area contributed by atoms with E-state index in [4.69, 9.17) is 11.6 Å². The normalized spacial score (nSPS) is 24.5. The molecular formula is C24H31ClFN7O2S. The summed E-state index contributed by atoms with van der Waals surface area (Å²) in [6.45, 7) is 7.82. The van der Waals surface area contributed by atoms with Gasteiger partial charge in [0.15, 0.2) is 21.5 Å². The van der Waals surface area contributed by atoms with E-state index < -0.39 is 9.84 Å². The molecule has 1 atom stereocenters. The van der Waals surface area contributed by atoms with Crippen molar-refractivity contribution in [2.75, 3.05) is 35.2 Å². The molecule has 194 valence electrons. The largest absolute Gasteiger partial charge is 0.322 e. The van der Waals surface area contributed by atoms with E-state index in [0.717, 1.165) is 31.6 Å². The number of nitrogens with zero attached hydrogens (tertiary/aromatic N) is 4. The maximum atomic E-state index is 15.3. The summed E-state index contributed by atoms with van der Waals surface area (Å²) >= 11 is 6.24. The molecule has 3 aliphatic rings. The predicted molar refractivity (Wildman–Crippen MR) is 139 cm³/mol. The van der Waals surface area contributed by atoms with Gasteiger partial charge < -0.3 is 10.6 Å². The molecular weight excluding hydrogens is 505 g/mol. The first-order valence-electron chi connectivity index (χ1n) is 12.1. The fourth-order valence-electron chi connectivity index (χ4n) is 5.47. The second-order valence-corrected chi connectivity index (χ2v) is 13.2. The summed E-state index contributed by atoms with van der Waals surface area (Å²) in [7, 11) is -2.83. The van der Waals surface area contributed by atoms with Crippen LogP contribution in [-0.4, -0.2) is 64.1 Å². The van der Waals surface area contributed by atoms with Crippen molar-refractivity contribution in [3.05, 3.63) is 46.7 Å². The van der Waals surface area contributed by atoms with Crippen LogP contribution in [0.25, 0.3) is 0 Å². The van der Waals surface area contributed by atoms with E-state index in [1.807, 2.05) is 19.1 Å². The van der Waals surface area contributed by atoms with Gasteiger partial charge in [-0.05, 0) is 56.2 Å². The first-order valence-corrected chi connectivity index (χ1v) is 14.3. The third-order valence-corrected chi connectivity index (χ3v) is 9.45. The van der Waals surface area contributed by atoms with Gasteiger partial charge in [-0.15, -0.1) is 0 Å². The monoisotopic (exact) mass is 535 g/mol. The van der Waals surface area contributed by atoms with Crippen LogP contribution in [0.4, 0.5) is 22.0 Å². The molecule has 3 N–H and O–H groups in total. The number of halogens is 2. The Hall–Kier alpha value is -2.50. The molecule has 0 radical (unpaired) electrons. The zero-order valence-corrected chi connectivity index (χ0v) is 22.1. The van der Waals surface area contributed by atoms with Crippen LogP contribution in [0.1, 0.15) is 32.4 Å². The highest BCUT2D eigenvalue weighted by Gasteiger charge is 2.42. The van der Waals surface area contributed by atoms with Crippen LogP contribution in [0, 0.1) is 24.2 Å². The number of aromatic amines is 1. The van der Waals surface area contributed by atoms with Gasteiger partial charge >= 0.3 is 0 Å². The number of aryl methyl sites for hydroxylation is 1. The van der Waals surface area contributed by atoms with Crippen LogP contribution in [-0.2, 0) is 9.84 Å². The van der Waals surface area contributed by atoms with E-state index in [9.17, 15) is 8.42 Å². The van der Waals surface area contributed by atoms with E-state index in [0.29, 0.717) is 28.3 Å². The molecule has 2 saturated heterocycles. The number of rotatable bonds is 6. The Morgan fingerprint density at radius 1 is 1.22 bits per heavy atom. The van der Waals surface area contributed by atoms with Gasteiger partial charge in [0.05, 0.1) is 23.4 Å². The Balaban J connectivity index is 1.25. The Kier molecular flexibility index (Phi) is 6.59. The number of piperidine rings is 1. The molecule has 2 aliphatic heterocycles. The average Bonchev–Trinajstić information content (AvgIpc) is 3.21. The predicted octanol–water partition coefficient (Wildman–Crippen LogP) is 4.22. The van der Waals surface area contributed by atoms with Crippen molar-refractivity contribution in [3.63, 3.8) is 0 Å². The van der Waals surface area contributed by atoms with Gasteiger partial charge in [-0.3, -0.25) is 10.00 Å². The second kappa shape index (κ2) is 9.42. The first kappa shape index (κ1) is 25.2. The van der Waals surface area contributed by atoms with Crippen molar-refractivity contribution < 1.29 is 12.8 Å². The summed E-state index contributed by atoms with van der Waals surface area (Å²) in [5, 5.41) is 13.3. The highest BCUT2D eigenvalue weighted by atomic mass is 35.5. The lowest BCUT2D eigenvalue weighted by molar-refractivity contribution is 0.1000. The van der Waals surface area contributed by atoms with Crippen LogP contribution >= 0.6 is 11.6 Å². The number of nitrogens with one attached hydrogen (secondary N) is 3. The summed E-state index contributed by atoms with van der Waals surface area (Å²) in [6.07, 6.45) is 6.94. The van der Waals surface area contributed by atoms with E-state index in [1.54, 1.807) is 6.08 Å². The molecule has 0 amide bonds. The summed E-state index contributed by atoms with van der Waals surface area (Å²) in [5.41, 5.74) is 0.932. The lowest BCUT2D eigenvalue weighted by Crippen LogP contribution is -2.55. The van der Waals surface area contributed by atoms with Crippen LogP contribution < -0.4 is 10.6 Å². The van der Waals surface area contributed by atoms with Crippen LogP contribution in [0.15, 0.2) is 35.9 Å². The molecule has 0 aromatic carbocycles. The van der Waals surface area contributed by atoms with Crippen LogP contribution in [0.3, 0.4) is 0 Å². The summed E-state index contributed by atoms with van der Waals surface area (Å²) < 4.78 is 38.4. The summed E-state index contributed by atoms with van der Waals surface area (Å²) in [6, 6.07) is 1.97. The zero-order chi connectivity index (χ0) is 25.7. The molecule has 0 saturated carbocycles. The molecule has 36 heavy (non-hydrogen) atoms. The van der Waals surface area contributed by atoms with E-state index >= 15 is 4.39 Å². The smallest absolute Gasteiger partial charge is 0.229 e. The lowest BCUT2D eigenvalue weighted by Gasteiger charge is -2.45. The van der Waals surface area contributed by atoms with Gasteiger partial charge in [0.2, 0.25) is 5.95 Å². The quantitative estimate of drug-likeness (QED) is 0.503. The van der Waals surface area contributed by atoms with Crippen molar-refractivity contribution >= 4 is 39.0 Å². The summed E-state index contributed by atoms with van der Waals surface area (Å²) in [5.74, 6) is 1.73. The molecule has 2 aromatic heterocycles. The molecule has 0 bridgehead atoms. The van der Waals surface area contributed by atoms with E-state index in [1.165, 1.54) is 6.20 Å². The van der Waals surface area contributed by atoms with Gasteiger partial charge in [0.25, 0.3) is 0 Å². The minimum Gasteiger partial charge on any atom is -0.322 e. The molecule has 12 heteroatoms. The number of hydrogen-bond acceptors (Lipinski definition) is 8. The number of sulfone groups is 1. The molecule has 4 heterocycles. The Bertz CT molecular complexity index is 1300. The van der Waals surface area contributed by atoms with Crippen LogP contribution in [0.2, 0.25) is 5.02 Å². The van der Waals surface area contributed by atoms with Gasteiger partial charge in [-0.2, -0.15) is 10.1 Å². The maximum Gasteiger partial charge on any atom is 0.229 e. The third kappa shape index (κ3) is 5.28. The molecule has 0 spiro atoms. The van der Waals surface area contributed by atoms with E-state index in [-0.39, 0.29) is 40.7 Å². The molecule has 1 unspecified atom stereocenters. The Morgan fingerprint density at radius 2 is 1.94 bits per heavy atom. The molecule has 2 fully saturated rings. The zero-order valence-electron chi connectivity index (χ0n) is 20.6. The van der Waals surface area contributed by atoms with Gasteiger partial charge in [0, 0.05) is 17.8 Å². The number of anilines is 3. The van der Waals surface area contributed by atoms with Crippen LogP contribution in [0.5, 0.6) is 0 Å². The Morgan fingerprint density at radius 3 is 2.58 bits per heavy atom. The van der Waals surface area contributed by atoms with Crippen molar-refractivity contribution in [2.24, 2.45) is 17.3 Å². The molecule has 2 aromatic rings. The minimum absolute atomic E-state index is 0.0431. The SMILES string of the molecule is Cc1cc(Nc2nc(NC3=CC(C)(C)C(C4CCN(C5CS(=O)(=O)C5)CC4)C=C3F)ncc2Cl)n[nH]1. The lowest BCUT2D eigenvalue weighted by atomic mass is 9.66. The number of aromatic nitrogens is 4. The fourth-order valence-corrected chi connectivity index (χ4v) is 7.10. The van der Waals surface area contributed by atoms with Crippen molar-refractivity contribution in [1.82, 2.24) is 25.1 Å². The van der Waals surface area contributed by atoms with Crippen molar-refractivity contribution in [1.29, 1.82) is 0 Å². The highest BCUT2D eigenvalue weighted by Crippen LogP contribution is 2.45. The molecule has 5 rings (SSSR count). The number of H-pyrrole nitrogens is 1. The molecule has 9 nitrogen and oxygen atoms in total. The van der Waals surface area contributed by atoms with Crippen molar-refractivity contribution in [2.45, 2.75) is 39.7 Å². The Labute approximate surface area is 215 Å². The van der Waals surface area contributed by atoms with Gasteiger partial charge in [-0.1, -0.05) is 31.5 Å².